The molecule has 0 radical (unpaired) electrons. The Morgan fingerprint density at radius 1 is 0.234 bits per heavy atom. The van der Waals surface area contributed by atoms with Gasteiger partial charge in [0.25, 0.3) is 0 Å². The van der Waals surface area contributed by atoms with Crippen LogP contribution in [-0.4, -0.2) is 20.4 Å². The summed E-state index contributed by atoms with van der Waals surface area (Å²) in [5, 5.41) is 46.7. The molecule has 9 aromatic rings. The molecule has 0 amide bonds. The van der Waals surface area contributed by atoms with E-state index < -0.39 is 0 Å². The van der Waals surface area contributed by atoms with Crippen molar-refractivity contribution in [2.45, 2.75) is 41.5 Å². The molecule has 314 valence electrons. The Morgan fingerprint density at radius 3 is 0.609 bits per heavy atom. The molecule has 9 aromatic carbocycles. The van der Waals surface area contributed by atoms with Crippen molar-refractivity contribution in [3.8, 4) is 112 Å². The van der Waals surface area contributed by atoms with Crippen LogP contribution in [0.25, 0.3) is 89.0 Å². The number of aromatic hydroxyl groups is 4. The van der Waals surface area contributed by atoms with Crippen LogP contribution in [0.2, 0.25) is 0 Å². The van der Waals surface area contributed by atoms with Gasteiger partial charge in [-0.1, -0.05) is 121 Å². The molecule has 0 saturated carbocycles. The molecule has 4 nitrogen and oxygen atoms in total. The van der Waals surface area contributed by atoms with Crippen molar-refractivity contribution in [3.63, 3.8) is 0 Å². The van der Waals surface area contributed by atoms with E-state index in [1.807, 2.05) is 149 Å². The van der Waals surface area contributed by atoms with Crippen molar-refractivity contribution in [2.75, 3.05) is 0 Å². The summed E-state index contributed by atoms with van der Waals surface area (Å²) in [6.45, 7) is 12.1. The Morgan fingerprint density at radius 2 is 0.422 bits per heavy atom. The maximum atomic E-state index is 11.7. The van der Waals surface area contributed by atoms with E-state index in [4.69, 9.17) is 0 Å². The van der Waals surface area contributed by atoms with Crippen molar-refractivity contribution in [2.24, 2.45) is 0 Å². The van der Waals surface area contributed by atoms with Crippen LogP contribution in [0.5, 0.6) is 23.0 Å². The van der Waals surface area contributed by atoms with Crippen LogP contribution in [0.1, 0.15) is 33.4 Å². The van der Waals surface area contributed by atoms with Gasteiger partial charge in [0.2, 0.25) is 0 Å². The second kappa shape index (κ2) is 16.8. The summed E-state index contributed by atoms with van der Waals surface area (Å²) in [6, 6.07) is 56.5. The Bertz CT molecular complexity index is 2790. The van der Waals surface area contributed by atoms with Crippen LogP contribution < -0.4 is 0 Å². The molecule has 0 aliphatic heterocycles. The first-order valence-corrected chi connectivity index (χ1v) is 21.7. The van der Waals surface area contributed by atoms with Crippen molar-refractivity contribution < 1.29 is 20.4 Å². The molecule has 0 heterocycles. The molecule has 0 saturated heterocycles. The molecule has 0 spiro atoms. The molecule has 4 heteroatoms. The fourth-order valence-electron chi connectivity index (χ4n) is 9.49. The molecule has 0 bridgehead atoms. The van der Waals surface area contributed by atoms with Crippen LogP contribution >= 0.6 is 0 Å². The zero-order valence-corrected chi connectivity index (χ0v) is 37.0. The lowest BCUT2D eigenvalue weighted by atomic mass is 9.76. The van der Waals surface area contributed by atoms with Gasteiger partial charge in [-0.3, -0.25) is 0 Å². The van der Waals surface area contributed by atoms with E-state index in [1.54, 1.807) is 0 Å². The summed E-state index contributed by atoms with van der Waals surface area (Å²) in [4.78, 5) is 0. The molecule has 0 unspecified atom stereocenters. The second-order valence-electron chi connectivity index (χ2n) is 17.0. The monoisotopic (exact) mass is 834 g/mol. The van der Waals surface area contributed by atoms with Gasteiger partial charge in [-0.15, -0.1) is 0 Å². The second-order valence-corrected chi connectivity index (χ2v) is 17.0. The molecular formula is C60H50O4. The smallest absolute Gasteiger partial charge is 0.126 e. The largest absolute Gasteiger partial charge is 0.507 e. The number of phenolic OH excluding ortho intramolecular Hbond substituents is 4. The summed E-state index contributed by atoms with van der Waals surface area (Å²) in [5.41, 5.74) is 19.1. The SMILES string of the molecule is Cc1cc(-c2c(C)c(-c3cc(C)c(O)c(-c4ccccc4)c3)c(-c3cc(C)c(O)c(-c4ccccc4)c3)c(C)c2-c2cc(C)c(O)c(-c3ccccc3)c2)cc(-c2ccccc2)c1O. The van der Waals surface area contributed by atoms with Crippen LogP contribution in [-0.2, 0) is 0 Å². The molecule has 0 atom stereocenters. The van der Waals surface area contributed by atoms with Gasteiger partial charge in [0.1, 0.15) is 23.0 Å². The molecule has 0 fully saturated rings. The molecular weight excluding hydrogens is 785 g/mol. The number of hydrogen-bond acceptors (Lipinski definition) is 4. The fraction of sp³-hybridized carbons (Fsp3) is 0.100. The van der Waals surface area contributed by atoms with Crippen molar-refractivity contribution in [1.82, 2.24) is 0 Å². The lowest BCUT2D eigenvalue weighted by Gasteiger charge is -2.27. The molecule has 9 rings (SSSR count). The minimum absolute atomic E-state index is 0.226. The predicted molar refractivity (Wildman–Crippen MR) is 265 cm³/mol. The third kappa shape index (κ3) is 7.37. The topological polar surface area (TPSA) is 80.9 Å². The van der Waals surface area contributed by atoms with Gasteiger partial charge in [-0.25, -0.2) is 0 Å². The van der Waals surface area contributed by atoms with Crippen LogP contribution in [0.15, 0.2) is 170 Å². The molecule has 0 aliphatic carbocycles. The average Bonchev–Trinajstić information content (AvgIpc) is 3.31. The van der Waals surface area contributed by atoms with Crippen molar-refractivity contribution >= 4 is 0 Å². The van der Waals surface area contributed by atoms with Gasteiger partial charge in [0.05, 0.1) is 0 Å². The Balaban J connectivity index is 1.47. The highest BCUT2D eigenvalue weighted by atomic mass is 16.3. The van der Waals surface area contributed by atoms with Gasteiger partial charge in [0, 0.05) is 22.3 Å². The zero-order valence-electron chi connectivity index (χ0n) is 37.0. The van der Waals surface area contributed by atoms with E-state index in [-0.39, 0.29) is 23.0 Å². The van der Waals surface area contributed by atoms with Crippen molar-refractivity contribution in [3.05, 3.63) is 203 Å². The van der Waals surface area contributed by atoms with Gasteiger partial charge in [-0.05, 0) is 190 Å². The Kier molecular flexibility index (Phi) is 10.9. The number of benzene rings is 9. The zero-order chi connectivity index (χ0) is 44.8. The van der Waals surface area contributed by atoms with Crippen LogP contribution in [0.4, 0.5) is 0 Å². The third-order valence-corrected chi connectivity index (χ3v) is 12.7. The number of aryl methyl sites for hydroxylation is 4. The van der Waals surface area contributed by atoms with Gasteiger partial charge < -0.3 is 20.4 Å². The summed E-state index contributed by atoms with van der Waals surface area (Å²) in [6.07, 6.45) is 0. The fourth-order valence-corrected chi connectivity index (χ4v) is 9.49. The average molecular weight is 835 g/mol. The predicted octanol–water partition coefficient (Wildman–Crippen LogP) is 15.7. The Hall–Kier alpha value is -7.82. The lowest BCUT2D eigenvalue weighted by molar-refractivity contribution is 0.473. The highest BCUT2D eigenvalue weighted by molar-refractivity contribution is 6.04. The molecule has 0 aromatic heterocycles. The minimum atomic E-state index is 0.226. The van der Waals surface area contributed by atoms with E-state index in [9.17, 15) is 20.4 Å². The quantitative estimate of drug-likeness (QED) is 0.123. The summed E-state index contributed by atoms with van der Waals surface area (Å²) >= 11 is 0. The standard InChI is InChI=1S/C60H50O4/c1-35-27-45(31-49(57(35)61)41-19-11-7-12-20-41)53-39(5)55(47-29-37(3)59(63)51(33-47)43-23-15-9-16-24-43)56(48-30-38(4)60(64)52(34-48)44-25-17-10-18-26-44)40(6)54(53)46-28-36(2)58(62)50(32-46)42-21-13-8-14-22-42/h7-34,61-64H,1-6H3. The van der Waals surface area contributed by atoms with Crippen LogP contribution in [0.3, 0.4) is 0 Å². The van der Waals surface area contributed by atoms with E-state index >= 15 is 0 Å². The first kappa shape index (κ1) is 41.5. The Labute approximate surface area is 375 Å². The number of hydrogen-bond donors (Lipinski definition) is 4. The maximum Gasteiger partial charge on any atom is 0.126 e. The lowest BCUT2D eigenvalue weighted by Crippen LogP contribution is -2.03. The van der Waals surface area contributed by atoms with E-state index in [0.717, 1.165) is 122 Å². The van der Waals surface area contributed by atoms with Crippen molar-refractivity contribution in [1.29, 1.82) is 0 Å². The molecule has 64 heavy (non-hydrogen) atoms. The van der Waals surface area contributed by atoms with Gasteiger partial charge >= 0.3 is 0 Å². The van der Waals surface area contributed by atoms with Crippen LogP contribution in [0, 0.1) is 41.5 Å². The highest BCUT2D eigenvalue weighted by Crippen LogP contribution is 2.53. The number of phenols is 4. The third-order valence-electron chi connectivity index (χ3n) is 12.7. The first-order valence-electron chi connectivity index (χ1n) is 21.7. The summed E-state index contributed by atoms with van der Waals surface area (Å²) < 4.78 is 0. The minimum Gasteiger partial charge on any atom is -0.507 e. The molecule has 0 aliphatic rings. The van der Waals surface area contributed by atoms with Gasteiger partial charge in [-0.2, -0.15) is 0 Å². The van der Waals surface area contributed by atoms with E-state index in [1.165, 1.54) is 0 Å². The van der Waals surface area contributed by atoms with E-state index in [2.05, 4.69) is 62.4 Å². The summed E-state index contributed by atoms with van der Waals surface area (Å²) in [5.74, 6) is 0.905. The van der Waals surface area contributed by atoms with E-state index in [0.29, 0.717) is 0 Å². The van der Waals surface area contributed by atoms with Gasteiger partial charge in [0.15, 0.2) is 0 Å². The summed E-state index contributed by atoms with van der Waals surface area (Å²) in [7, 11) is 0. The normalized spacial score (nSPS) is 11.2. The highest BCUT2D eigenvalue weighted by Gasteiger charge is 2.28. The first-order chi connectivity index (χ1) is 30.9. The maximum absolute atomic E-state index is 11.7. The molecule has 4 N–H and O–H groups in total. The number of rotatable bonds is 8.